The predicted molar refractivity (Wildman–Crippen MR) is 82.3 cm³/mol. The Morgan fingerprint density at radius 1 is 1.33 bits per heavy atom. The fourth-order valence-electron chi connectivity index (χ4n) is 2.93. The number of unbranched alkanes of at least 4 members (excludes halogenated alkanes) is 1. The Hall–Kier alpha value is -1.30. The van der Waals surface area contributed by atoms with Crippen LogP contribution in [0.1, 0.15) is 39.5 Å². The van der Waals surface area contributed by atoms with Crippen LogP contribution >= 0.6 is 0 Å². The number of nitrogens with one attached hydrogen (secondary N) is 1. The quantitative estimate of drug-likeness (QED) is 0.731. The van der Waals surface area contributed by atoms with Crippen LogP contribution in [-0.4, -0.2) is 66.7 Å². The molecule has 21 heavy (non-hydrogen) atoms. The lowest BCUT2D eigenvalue weighted by Gasteiger charge is -2.43. The van der Waals surface area contributed by atoms with Crippen LogP contribution in [-0.2, 0) is 4.79 Å². The number of hydrogen-bond acceptors (Lipinski definition) is 3. The molecule has 0 aliphatic carbocycles. The second-order valence-electron chi connectivity index (χ2n) is 6.77. The number of amides is 2. The van der Waals surface area contributed by atoms with E-state index in [0.29, 0.717) is 13.1 Å². The lowest BCUT2D eigenvalue weighted by Crippen LogP contribution is -2.58. The molecule has 0 aromatic carbocycles. The van der Waals surface area contributed by atoms with Crippen molar-refractivity contribution in [2.24, 2.45) is 5.41 Å². The number of carboxylic acids is 1. The number of hydrogen-bond donors (Lipinski definition) is 2. The van der Waals surface area contributed by atoms with Gasteiger partial charge >= 0.3 is 12.0 Å². The third kappa shape index (κ3) is 5.19. The van der Waals surface area contributed by atoms with Gasteiger partial charge in [0, 0.05) is 13.1 Å². The molecule has 1 unspecified atom stereocenters. The summed E-state index contributed by atoms with van der Waals surface area (Å²) in [5, 5.41) is 12.3. The maximum Gasteiger partial charge on any atom is 0.327 e. The molecule has 0 aromatic heterocycles. The highest BCUT2D eigenvalue weighted by molar-refractivity contribution is 5.83. The van der Waals surface area contributed by atoms with Crippen molar-refractivity contribution in [3.8, 4) is 0 Å². The van der Waals surface area contributed by atoms with Gasteiger partial charge in [-0.2, -0.15) is 0 Å². The Morgan fingerprint density at radius 3 is 2.57 bits per heavy atom. The van der Waals surface area contributed by atoms with Gasteiger partial charge in [-0.15, -0.1) is 0 Å². The predicted octanol–water partition coefficient (Wildman–Crippen LogP) is 1.61. The average Bonchev–Trinajstić information content (AvgIpc) is 2.35. The number of likely N-dealkylation sites (tertiary alicyclic amines) is 1. The van der Waals surface area contributed by atoms with E-state index >= 15 is 0 Å². The number of aliphatic carboxylic acids is 1. The first-order valence-electron chi connectivity index (χ1n) is 7.68. The lowest BCUT2D eigenvalue weighted by atomic mass is 9.76. The third-order valence-corrected chi connectivity index (χ3v) is 4.08. The van der Waals surface area contributed by atoms with Crippen LogP contribution in [0.3, 0.4) is 0 Å². The molecule has 1 atom stereocenters. The van der Waals surface area contributed by atoms with Crippen molar-refractivity contribution in [1.29, 1.82) is 0 Å². The van der Waals surface area contributed by atoms with Crippen molar-refractivity contribution in [2.75, 3.05) is 33.7 Å². The number of carbonyl (C=O) groups is 2. The van der Waals surface area contributed by atoms with E-state index in [1.54, 1.807) is 0 Å². The van der Waals surface area contributed by atoms with Crippen LogP contribution in [0.15, 0.2) is 0 Å². The van der Waals surface area contributed by atoms with E-state index in [9.17, 15) is 14.7 Å². The minimum Gasteiger partial charge on any atom is -0.480 e. The second kappa shape index (κ2) is 7.64. The molecule has 1 aliphatic rings. The van der Waals surface area contributed by atoms with Gasteiger partial charge < -0.3 is 20.2 Å². The highest BCUT2D eigenvalue weighted by Gasteiger charge is 2.44. The van der Waals surface area contributed by atoms with Gasteiger partial charge in [0.25, 0.3) is 0 Å². The topological polar surface area (TPSA) is 72.9 Å². The summed E-state index contributed by atoms with van der Waals surface area (Å²) in [5.41, 5.74) is -0.383. The summed E-state index contributed by atoms with van der Waals surface area (Å²) >= 11 is 0. The van der Waals surface area contributed by atoms with Gasteiger partial charge in [0.15, 0.2) is 0 Å². The average molecular weight is 299 g/mol. The Labute approximate surface area is 127 Å². The van der Waals surface area contributed by atoms with Gasteiger partial charge in [0.2, 0.25) is 0 Å². The fourth-order valence-corrected chi connectivity index (χ4v) is 2.93. The van der Waals surface area contributed by atoms with Crippen LogP contribution in [0.2, 0.25) is 0 Å². The zero-order chi connectivity index (χ0) is 16.0. The molecule has 6 nitrogen and oxygen atoms in total. The van der Waals surface area contributed by atoms with Crippen molar-refractivity contribution in [3.63, 3.8) is 0 Å². The van der Waals surface area contributed by atoms with E-state index in [-0.39, 0.29) is 11.4 Å². The van der Waals surface area contributed by atoms with E-state index in [1.165, 1.54) is 4.90 Å². The number of carboxylic acid groups (broad SMARTS) is 1. The summed E-state index contributed by atoms with van der Waals surface area (Å²) in [6.07, 6.45) is 3.60. The summed E-state index contributed by atoms with van der Waals surface area (Å²) in [6.45, 7) is 5.94. The summed E-state index contributed by atoms with van der Waals surface area (Å²) in [7, 11) is 4.04. The monoisotopic (exact) mass is 299 g/mol. The Balaban J connectivity index is 2.49. The first-order valence-corrected chi connectivity index (χ1v) is 7.68. The standard InChI is InChI=1S/C15H29N3O3/c1-15(2)8-7-11-18(12(15)13(19)20)14(21)16-9-5-6-10-17(3)4/h12H,5-11H2,1-4H3,(H,16,21)(H,19,20). The summed E-state index contributed by atoms with van der Waals surface area (Å²) in [6, 6.07) is -0.993. The van der Waals surface area contributed by atoms with E-state index < -0.39 is 12.0 Å². The molecule has 1 aliphatic heterocycles. The number of rotatable bonds is 6. The zero-order valence-electron chi connectivity index (χ0n) is 13.7. The number of urea groups is 1. The molecular weight excluding hydrogens is 270 g/mol. The molecule has 6 heteroatoms. The van der Waals surface area contributed by atoms with E-state index in [4.69, 9.17) is 0 Å². The molecular formula is C15H29N3O3. The van der Waals surface area contributed by atoms with Crippen molar-refractivity contribution in [2.45, 2.75) is 45.6 Å². The van der Waals surface area contributed by atoms with Gasteiger partial charge in [-0.3, -0.25) is 0 Å². The first-order chi connectivity index (χ1) is 9.75. The molecule has 1 fully saturated rings. The normalized spacial score (nSPS) is 21.4. The van der Waals surface area contributed by atoms with Gasteiger partial charge in [-0.1, -0.05) is 13.8 Å². The summed E-state index contributed by atoms with van der Waals surface area (Å²) < 4.78 is 0. The molecule has 0 spiro atoms. The fraction of sp³-hybridized carbons (Fsp3) is 0.867. The maximum atomic E-state index is 12.2. The second-order valence-corrected chi connectivity index (χ2v) is 6.77. The van der Waals surface area contributed by atoms with Gasteiger partial charge in [0.05, 0.1) is 0 Å². The van der Waals surface area contributed by atoms with E-state index in [0.717, 1.165) is 32.2 Å². The van der Waals surface area contributed by atoms with Gasteiger partial charge in [-0.25, -0.2) is 9.59 Å². The minimum absolute atomic E-state index is 0.250. The smallest absolute Gasteiger partial charge is 0.327 e. The molecule has 1 rings (SSSR count). The molecule has 2 amide bonds. The zero-order valence-corrected chi connectivity index (χ0v) is 13.7. The summed E-state index contributed by atoms with van der Waals surface area (Å²) in [5.74, 6) is -0.914. The molecule has 0 saturated carbocycles. The largest absolute Gasteiger partial charge is 0.480 e. The molecule has 0 bridgehead atoms. The van der Waals surface area contributed by atoms with Crippen LogP contribution in [0.25, 0.3) is 0 Å². The van der Waals surface area contributed by atoms with Crippen LogP contribution in [0, 0.1) is 5.41 Å². The highest BCUT2D eigenvalue weighted by Crippen LogP contribution is 2.35. The van der Waals surface area contributed by atoms with Crippen molar-refractivity contribution in [3.05, 3.63) is 0 Å². The van der Waals surface area contributed by atoms with E-state index in [1.807, 2.05) is 27.9 Å². The highest BCUT2D eigenvalue weighted by atomic mass is 16.4. The van der Waals surface area contributed by atoms with Crippen LogP contribution in [0.4, 0.5) is 4.79 Å². The Kier molecular flexibility index (Phi) is 6.45. The van der Waals surface area contributed by atoms with Gasteiger partial charge in [0.1, 0.15) is 6.04 Å². The third-order valence-electron chi connectivity index (χ3n) is 4.08. The van der Waals surface area contributed by atoms with Crippen molar-refractivity contribution < 1.29 is 14.7 Å². The van der Waals surface area contributed by atoms with Crippen LogP contribution in [0.5, 0.6) is 0 Å². The first kappa shape index (κ1) is 17.8. The number of piperidine rings is 1. The number of carbonyl (C=O) groups excluding carboxylic acids is 1. The molecule has 0 aromatic rings. The maximum absolute atomic E-state index is 12.2. The van der Waals surface area contributed by atoms with Crippen molar-refractivity contribution in [1.82, 2.24) is 15.1 Å². The summed E-state index contributed by atoms with van der Waals surface area (Å²) in [4.78, 5) is 27.3. The van der Waals surface area contributed by atoms with E-state index in [2.05, 4.69) is 10.2 Å². The van der Waals surface area contributed by atoms with Crippen LogP contribution < -0.4 is 5.32 Å². The minimum atomic E-state index is -0.914. The SMILES string of the molecule is CN(C)CCCCNC(=O)N1CCCC(C)(C)C1C(=O)O. The molecule has 1 heterocycles. The Morgan fingerprint density at radius 2 is 2.00 bits per heavy atom. The Bertz CT molecular complexity index is 369. The molecule has 2 N–H and O–H groups in total. The molecule has 0 radical (unpaired) electrons. The lowest BCUT2D eigenvalue weighted by molar-refractivity contribution is -0.148. The molecule has 122 valence electrons. The number of nitrogens with zero attached hydrogens (tertiary/aromatic N) is 2. The van der Waals surface area contributed by atoms with Gasteiger partial charge in [-0.05, 0) is 51.7 Å². The molecule has 1 saturated heterocycles. The van der Waals surface area contributed by atoms with Crippen molar-refractivity contribution >= 4 is 12.0 Å².